The van der Waals surface area contributed by atoms with Gasteiger partial charge in [-0.1, -0.05) is 27.5 Å². The summed E-state index contributed by atoms with van der Waals surface area (Å²) in [5.41, 5.74) is -0.0190. The Kier molecular flexibility index (Phi) is 4.44. The summed E-state index contributed by atoms with van der Waals surface area (Å²) in [5.74, 6) is -0.182. The molecule has 0 heterocycles. The van der Waals surface area contributed by atoms with Crippen molar-refractivity contribution in [2.45, 2.75) is 19.4 Å². The molecule has 0 saturated carbocycles. The standard InChI is InChI=1S/C12H15BrClNO2/c1-12(2,7-13)15(3)11(17)9-6-8(16)4-5-10(9)14/h4-6,16H,7H2,1-3H3. The Morgan fingerprint density at radius 1 is 1.53 bits per heavy atom. The molecular weight excluding hydrogens is 305 g/mol. The summed E-state index contributed by atoms with van der Waals surface area (Å²) in [7, 11) is 1.71. The Bertz CT molecular complexity index is 435. The fourth-order valence-electron chi connectivity index (χ4n) is 1.22. The van der Waals surface area contributed by atoms with Crippen molar-refractivity contribution in [1.29, 1.82) is 0 Å². The highest BCUT2D eigenvalue weighted by Gasteiger charge is 2.28. The number of phenolic OH excluding ortho intramolecular Hbond substituents is 1. The monoisotopic (exact) mass is 319 g/mol. The fourth-order valence-corrected chi connectivity index (χ4v) is 1.80. The number of halogens is 2. The van der Waals surface area contributed by atoms with Crippen LogP contribution < -0.4 is 0 Å². The lowest BCUT2D eigenvalue weighted by atomic mass is 10.0. The second kappa shape index (κ2) is 5.27. The minimum absolute atomic E-state index is 0.0304. The summed E-state index contributed by atoms with van der Waals surface area (Å²) in [4.78, 5) is 13.8. The molecule has 0 fully saturated rings. The summed E-state index contributed by atoms with van der Waals surface area (Å²) >= 11 is 9.33. The van der Waals surface area contributed by atoms with Gasteiger partial charge in [0.1, 0.15) is 5.75 Å². The van der Waals surface area contributed by atoms with E-state index in [1.54, 1.807) is 11.9 Å². The SMILES string of the molecule is CN(C(=O)c1cc(O)ccc1Cl)C(C)(C)CBr. The van der Waals surface area contributed by atoms with E-state index in [-0.39, 0.29) is 17.2 Å². The Morgan fingerprint density at radius 3 is 2.65 bits per heavy atom. The summed E-state index contributed by atoms with van der Waals surface area (Å²) in [6.45, 7) is 3.88. The number of carbonyl (C=O) groups is 1. The number of rotatable bonds is 3. The van der Waals surface area contributed by atoms with Gasteiger partial charge >= 0.3 is 0 Å². The molecule has 1 aromatic carbocycles. The highest BCUT2D eigenvalue weighted by atomic mass is 79.9. The molecule has 1 rings (SSSR count). The average molecular weight is 321 g/mol. The van der Waals surface area contributed by atoms with Gasteiger partial charge in [-0.25, -0.2) is 0 Å². The molecule has 1 amide bonds. The van der Waals surface area contributed by atoms with Crippen LogP contribution in [0.15, 0.2) is 18.2 Å². The summed E-state index contributed by atoms with van der Waals surface area (Å²) < 4.78 is 0. The van der Waals surface area contributed by atoms with Crippen LogP contribution in [0.4, 0.5) is 0 Å². The van der Waals surface area contributed by atoms with Gasteiger partial charge in [0.05, 0.1) is 10.6 Å². The predicted molar refractivity (Wildman–Crippen MR) is 73.1 cm³/mol. The quantitative estimate of drug-likeness (QED) is 0.868. The van der Waals surface area contributed by atoms with Crippen molar-refractivity contribution in [1.82, 2.24) is 4.90 Å². The zero-order chi connectivity index (χ0) is 13.2. The maximum Gasteiger partial charge on any atom is 0.255 e. The van der Waals surface area contributed by atoms with Crippen LogP contribution in [0.25, 0.3) is 0 Å². The molecule has 0 aliphatic carbocycles. The lowest BCUT2D eigenvalue weighted by Gasteiger charge is -2.34. The topological polar surface area (TPSA) is 40.5 Å². The smallest absolute Gasteiger partial charge is 0.255 e. The van der Waals surface area contributed by atoms with Gasteiger partial charge < -0.3 is 10.0 Å². The summed E-state index contributed by atoms with van der Waals surface area (Å²) in [5, 5.41) is 10.4. The number of phenols is 1. The minimum atomic E-state index is -0.328. The van der Waals surface area contributed by atoms with Crippen molar-refractivity contribution in [3.05, 3.63) is 28.8 Å². The van der Waals surface area contributed by atoms with Gasteiger partial charge in [-0.05, 0) is 32.0 Å². The number of amides is 1. The molecule has 0 aliphatic heterocycles. The van der Waals surface area contributed by atoms with Gasteiger partial charge in [0, 0.05) is 17.9 Å². The molecule has 1 aromatic rings. The van der Waals surface area contributed by atoms with Crippen molar-refractivity contribution in [3.63, 3.8) is 0 Å². The van der Waals surface area contributed by atoms with Gasteiger partial charge in [0.2, 0.25) is 0 Å². The van der Waals surface area contributed by atoms with Crippen molar-refractivity contribution in [2.75, 3.05) is 12.4 Å². The average Bonchev–Trinajstić information content (AvgIpc) is 2.30. The van der Waals surface area contributed by atoms with E-state index < -0.39 is 0 Å². The molecular formula is C12H15BrClNO2. The van der Waals surface area contributed by atoms with Crippen molar-refractivity contribution >= 4 is 33.4 Å². The Morgan fingerprint density at radius 2 is 2.12 bits per heavy atom. The lowest BCUT2D eigenvalue weighted by molar-refractivity contribution is 0.0663. The number of benzene rings is 1. The first kappa shape index (κ1) is 14.3. The molecule has 0 spiro atoms. The van der Waals surface area contributed by atoms with Gasteiger partial charge in [0.15, 0.2) is 0 Å². The second-order valence-corrected chi connectivity index (χ2v) is 5.44. The molecule has 17 heavy (non-hydrogen) atoms. The van der Waals surface area contributed by atoms with Gasteiger partial charge in [-0.3, -0.25) is 4.79 Å². The Hall–Kier alpha value is -0.740. The first-order chi connectivity index (χ1) is 7.79. The van der Waals surface area contributed by atoms with Crippen molar-refractivity contribution in [2.24, 2.45) is 0 Å². The van der Waals surface area contributed by atoms with Crippen molar-refractivity contribution < 1.29 is 9.90 Å². The molecule has 0 bridgehead atoms. The first-order valence-electron chi connectivity index (χ1n) is 5.12. The van der Waals surface area contributed by atoms with E-state index in [0.29, 0.717) is 15.9 Å². The van der Waals surface area contributed by atoms with E-state index in [1.807, 2.05) is 13.8 Å². The molecule has 5 heteroatoms. The lowest BCUT2D eigenvalue weighted by Crippen LogP contribution is -2.46. The second-order valence-electron chi connectivity index (χ2n) is 4.47. The third kappa shape index (κ3) is 3.13. The Labute approximate surface area is 115 Å². The Balaban J connectivity index is 3.08. The van der Waals surface area contributed by atoms with Crippen LogP contribution in [0.1, 0.15) is 24.2 Å². The molecule has 3 nitrogen and oxygen atoms in total. The van der Waals surface area contributed by atoms with Gasteiger partial charge in [-0.2, -0.15) is 0 Å². The molecule has 1 N–H and O–H groups in total. The van der Waals surface area contributed by atoms with Crippen LogP contribution in [0.5, 0.6) is 5.75 Å². The van der Waals surface area contributed by atoms with Crippen LogP contribution >= 0.6 is 27.5 Å². The minimum Gasteiger partial charge on any atom is -0.508 e. The molecule has 0 saturated heterocycles. The molecule has 0 unspecified atom stereocenters. The molecule has 0 aliphatic rings. The summed E-state index contributed by atoms with van der Waals surface area (Å²) in [6.07, 6.45) is 0. The third-order valence-corrected chi connectivity index (χ3v) is 4.42. The van der Waals surface area contributed by atoms with E-state index in [1.165, 1.54) is 18.2 Å². The van der Waals surface area contributed by atoms with Crippen molar-refractivity contribution in [3.8, 4) is 5.75 Å². The van der Waals surface area contributed by atoms with E-state index in [2.05, 4.69) is 15.9 Å². The predicted octanol–water partition coefficient (Wildman–Crippen LogP) is 3.29. The summed E-state index contributed by atoms with van der Waals surface area (Å²) in [6, 6.07) is 4.35. The van der Waals surface area contributed by atoms with Crippen LogP contribution in [-0.2, 0) is 0 Å². The molecule has 0 aromatic heterocycles. The van der Waals surface area contributed by atoms with Crippen LogP contribution in [0.2, 0.25) is 5.02 Å². The van der Waals surface area contributed by atoms with E-state index in [0.717, 1.165) is 0 Å². The van der Waals surface area contributed by atoms with Gasteiger partial charge in [0.25, 0.3) is 5.91 Å². The molecule has 0 radical (unpaired) electrons. The first-order valence-corrected chi connectivity index (χ1v) is 6.62. The van der Waals surface area contributed by atoms with Gasteiger partial charge in [-0.15, -0.1) is 0 Å². The fraction of sp³-hybridized carbons (Fsp3) is 0.417. The number of hydrogen-bond donors (Lipinski definition) is 1. The van der Waals surface area contributed by atoms with E-state index >= 15 is 0 Å². The number of alkyl halides is 1. The zero-order valence-electron chi connectivity index (χ0n) is 10.00. The van der Waals surface area contributed by atoms with E-state index in [9.17, 15) is 9.90 Å². The molecule has 94 valence electrons. The molecule has 0 atom stereocenters. The van der Waals surface area contributed by atoms with E-state index in [4.69, 9.17) is 11.6 Å². The maximum atomic E-state index is 12.2. The normalized spacial score (nSPS) is 11.4. The highest BCUT2D eigenvalue weighted by molar-refractivity contribution is 9.09. The largest absolute Gasteiger partial charge is 0.508 e. The number of carbonyl (C=O) groups excluding carboxylic acids is 1. The number of hydrogen-bond acceptors (Lipinski definition) is 2. The maximum absolute atomic E-state index is 12.2. The zero-order valence-corrected chi connectivity index (χ0v) is 12.3. The van der Waals surface area contributed by atoms with Crippen LogP contribution in [-0.4, -0.2) is 33.8 Å². The third-order valence-electron chi connectivity index (χ3n) is 2.72. The number of nitrogens with zero attached hydrogens (tertiary/aromatic N) is 1. The van der Waals surface area contributed by atoms with Crippen LogP contribution in [0.3, 0.4) is 0 Å². The number of aromatic hydroxyl groups is 1. The highest BCUT2D eigenvalue weighted by Crippen LogP contribution is 2.25. The van der Waals surface area contributed by atoms with Crippen LogP contribution in [0, 0.1) is 0 Å².